The Balaban J connectivity index is 1.66. The second-order valence-corrected chi connectivity index (χ2v) is 9.64. The number of carbonyl (C=O) groups excluding carboxylic acids is 3. The van der Waals surface area contributed by atoms with Gasteiger partial charge >= 0.3 is 6.09 Å². The van der Waals surface area contributed by atoms with E-state index in [-0.39, 0.29) is 11.8 Å². The van der Waals surface area contributed by atoms with Gasteiger partial charge in [-0.2, -0.15) is 0 Å². The lowest BCUT2D eigenvalue weighted by Crippen LogP contribution is -2.51. The molecular weight excluding hydrogens is 448 g/mol. The molecule has 2 aromatic rings. The van der Waals surface area contributed by atoms with Crippen LogP contribution in [-0.2, 0) is 14.3 Å². The van der Waals surface area contributed by atoms with Crippen LogP contribution in [0.25, 0.3) is 10.8 Å². The lowest BCUT2D eigenvalue weighted by Gasteiger charge is -2.34. The van der Waals surface area contributed by atoms with Gasteiger partial charge in [-0.05, 0) is 50.1 Å². The molecule has 0 spiro atoms. The van der Waals surface area contributed by atoms with Crippen molar-refractivity contribution in [3.05, 3.63) is 42.0 Å². The SMILES string of the molecule is COCCCNC(=O)CN1CCN(C(=O)c2cc3ccccc3cc2NC(=O)OC(C)(C)C)CC1. The van der Waals surface area contributed by atoms with Crippen LogP contribution in [0.3, 0.4) is 0 Å². The number of carbonyl (C=O) groups is 3. The number of methoxy groups -OCH3 is 1. The van der Waals surface area contributed by atoms with Gasteiger partial charge in [-0.25, -0.2) is 4.79 Å². The Morgan fingerprint density at radius 2 is 1.66 bits per heavy atom. The third-order valence-corrected chi connectivity index (χ3v) is 5.63. The first-order chi connectivity index (χ1) is 16.7. The van der Waals surface area contributed by atoms with E-state index in [9.17, 15) is 14.4 Å². The van der Waals surface area contributed by atoms with Gasteiger partial charge in [0.25, 0.3) is 5.91 Å². The molecule has 1 aliphatic rings. The monoisotopic (exact) mass is 484 g/mol. The number of amides is 3. The summed E-state index contributed by atoms with van der Waals surface area (Å²) in [5, 5.41) is 7.48. The highest BCUT2D eigenvalue weighted by molar-refractivity contribution is 6.07. The fourth-order valence-corrected chi connectivity index (χ4v) is 3.92. The first-order valence-corrected chi connectivity index (χ1v) is 12.0. The van der Waals surface area contributed by atoms with Gasteiger partial charge in [-0.1, -0.05) is 24.3 Å². The zero-order valence-electron chi connectivity index (χ0n) is 21.1. The fourth-order valence-electron chi connectivity index (χ4n) is 3.92. The molecule has 35 heavy (non-hydrogen) atoms. The van der Waals surface area contributed by atoms with Gasteiger partial charge < -0.3 is 19.7 Å². The highest BCUT2D eigenvalue weighted by atomic mass is 16.6. The molecule has 0 saturated carbocycles. The van der Waals surface area contributed by atoms with E-state index < -0.39 is 11.7 Å². The number of anilines is 1. The second kappa shape index (κ2) is 12.0. The maximum Gasteiger partial charge on any atom is 0.412 e. The van der Waals surface area contributed by atoms with Crippen LogP contribution >= 0.6 is 0 Å². The number of fused-ring (bicyclic) bond motifs is 1. The quantitative estimate of drug-likeness (QED) is 0.559. The molecule has 2 aromatic carbocycles. The molecule has 0 unspecified atom stereocenters. The van der Waals surface area contributed by atoms with Crippen LogP contribution in [0.5, 0.6) is 0 Å². The maximum absolute atomic E-state index is 13.5. The molecular formula is C26H36N4O5. The van der Waals surface area contributed by atoms with Gasteiger partial charge in [0.15, 0.2) is 0 Å². The third kappa shape index (κ3) is 7.93. The summed E-state index contributed by atoms with van der Waals surface area (Å²) in [5.41, 5.74) is 0.178. The summed E-state index contributed by atoms with van der Waals surface area (Å²) >= 11 is 0. The van der Waals surface area contributed by atoms with Crippen LogP contribution in [0.2, 0.25) is 0 Å². The molecule has 1 fully saturated rings. The number of piperazine rings is 1. The average Bonchev–Trinajstić information content (AvgIpc) is 2.80. The van der Waals surface area contributed by atoms with Crippen molar-refractivity contribution in [2.24, 2.45) is 0 Å². The van der Waals surface area contributed by atoms with Crippen LogP contribution in [0, 0.1) is 0 Å². The molecule has 3 amide bonds. The maximum atomic E-state index is 13.5. The molecule has 2 N–H and O–H groups in total. The first-order valence-electron chi connectivity index (χ1n) is 12.0. The number of hydrogen-bond acceptors (Lipinski definition) is 6. The molecule has 9 heteroatoms. The van der Waals surface area contributed by atoms with Crippen LogP contribution < -0.4 is 10.6 Å². The molecule has 0 aromatic heterocycles. The van der Waals surface area contributed by atoms with Crippen LogP contribution in [0.4, 0.5) is 10.5 Å². The van der Waals surface area contributed by atoms with E-state index in [0.717, 1.165) is 17.2 Å². The van der Waals surface area contributed by atoms with Gasteiger partial charge in [-0.15, -0.1) is 0 Å². The van der Waals surface area contributed by atoms with Crippen molar-refractivity contribution in [3.8, 4) is 0 Å². The topological polar surface area (TPSA) is 100 Å². The number of nitrogens with one attached hydrogen (secondary N) is 2. The summed E-state index contributed by atoms with van der Waals surface area (Å²) in [6, 6.07) is 11.3. The van der Waals surface area contributed by atoms with E-state index in [0.29, 0.717) is 57.1 Å². The molecule has 1 heterocycles. The Hall–Kier alpha value is -3.17. The van der Waals surface area contributed by atoms with Gasteiger partial charge in [0.2, 0.25) is 5.91 Å². The Kier molecular flexibility index (Phi) is 9.06. The van der Waals surface area contributed by atoms with Crippen molar-refractivity contribution < 1.29 is 23.9 Å². The Bertz CT molecular complexity index is 1040. The number of nitrogens with zero attached hydrogens (tertiary/aromatic N) is 2. The predicted octanol–water partition coefficient (Wildman–Crippen LogP) is 3.10. The summed E-state index contributed by atoms with van der Waals surface area (Å²) in [6.07, 6.45) is 0.166. The van der Waals surface area contributed by atoms with Gasteiger partial charge in [0.05, 0.1) is 17.8 Å². The van der Waals surface area contributed by atoms with Gasteiger partial charge in [0, 0.05) is 46.4 Å². The Morgan fingerprint density at radius 3 is 2.29 bits per heavy atom. The number of rotatable bonds is 8. The van der Waals surface area contributed by atoms with Crippen molar-refractivity contribution in [2.45, 2.75) is 32.8 Å². The Morgan fingerprint density at radius 1 is 1.00 bits per heavy atom. The lowest BCUT2D eigenvalue weighted by atomic mass is 10.0. The molecule has 9 nitrogen and oxygen atoms in total. The molecule has 0 atom stereocenters. The zero-order valence-corrected chi connectivity index (χ0v) is 21.1. The minimum absolute atomic E-state index is 0.0285. The number of ether oxygens (including phenoxy) is 2. The second-order valence-electron chi connectivity index (χ2n) is 9.64. The smallest absolute Gasteiger partial charge is 0.412 e. The normalized spacial score (nSPS) is 14.6. The number of benzene rings is 2. The minimum Gasteiger partial charge on any atom is -0.444 e. The highest BCUT2D eigenvalue weighted by Crippen LogP contribution is 2.26. The molecule has 0 radical (unpaired) electrons. The van der Waals surface area contributed by atoms with Crippen molar-refractivity contribution in [1.29, 1.82) is 0 Å². The average molecular weight is 485 g/mol. The van der Waals surface area contributed by atoms with E-state index in [1.807, 2.05) is 35.2 Å². The fraction of sp³-hybridized carbons (Fsp3) is 0.500. The van der Waals surface area contributed by atoms with Crippen LogP contribution in [0.1, 0.15) is 37.6 Å². The highest BCUT2D eigenvalue weighted by Gasteiger charge is 2.26. The van der Waals surface area contributed by atoms with E-state index >= 15 is 0 Å². The van der Waals surface area contributed by atoms with Crippen LogP contribution in [0.15, 0.2) is 36.4 Å². The third-order valence-electron chi connectivity index (χ3n) is 5.63. The standard InChI is InChI=1S/C26H36N4O5/c1-26(2,3)35-25(33)28-22-17-20-9-6-5-8-19(20)16-21(22)24(32)30-13-11-29(12-14-30)18-23(31)27-10-7-15-34-4/h5-6,8-9,16-17H,7,10-15,18H2,1-4H3,(H,27,31)(H,28,33). The van der Waals surface area contributed by atoms with Crippen LogP contribution in [-0.4, -0.2) is 86.3 Å². The van der Waals surface area contributed by atoms with Crippen molar-refractivity contribution >= 4 is 34.4 Å². The molecule has 0 bridgehead atoms. The zero-order chi connectivity index (χ0) is 25.4. The largest absolute Gasteiger partial charge is 0.444 e. The molecule has 3 rings (SSSR count). The summed E-state index contributed by atoms with van der Waals surface area (Å²) in [6.45, 7) is 9.05. The molecule has 1 saturated heterocycles. The predicted molar refractivity (Wildman–Crippen MR) is 136 cm³/mol. The summed E-state index contributed by atoms with van der Waals surface area (Å²) in [4.78, 5) is 41.9. The van der Waals surface area contributed by atoms with Crippen molar-refractivity contribution in [2.75, 3.05) is 58.3 Å². The van der Waals surface area contributed by atoms with Crippen molar-refractivity contribution in [3.63, 3.8) is 0 Å². The first kappa shape index (κ1) is 26.4. The molecule has 190 valence electrons. The number of hydrogen-bond donors (Lipinski definition) is 2. The van der Waals surface area contributed by atoms with Gasteiger partial charge in [-0.3, -0.25) is 19.8 Å². The van der Waals surface area contributed by atoms with E-state index in [1.165, 1.54) is 0 Å². The van der Waals surface area contributed by atoms with Crippen molar-refractivity contribution in [1.82, 2.24) is 15.1 Å². The van der Waals surface area contributed by atoms with E-state index in [1.54, 1.807) is 38.8 Å². The summed E-state index contributed by atoms with van der Waals surface area (Å²) < 4.78 is 10.4. The minimum atomic E-state index is -0.655. The van der Waals surface area contributed by atoms with Gasteiger partial charge in [0.1, 0.15) is 5.60 Å². The lowest BCUT2D eigenvalue weighted by molar-refractivity contribution is -0.122. The summed E-state index contributed by atoms with van der Waals surface area (Å²) in [7, 11) is 1.64. The van der Waals surface area contributed by atoms with E-state index in [4.69, 9.17) is 9.47 Å². The Labute approximate surface area is 206 Å². The molecule has 0 aliphatic carbocycles. The summed E-state index contributed by atoms with van der Waals surface area (Å²) in [5.74, 6) is -0.190. The van der Waals surface area contributed by atoms with E-state index in [2.05, 4.69) is 10.6 Å². The molecule has 1 aliphatic heterocycles.